The van der Waals surface area contributed by atoms with Crippen LogP contribution in [0.4, 0.5) is 0 Å². The molecule has 1 aliphatic heterocycles. The predicted octanol–water partition coefficient (Wildman–Crippen LogP) is 1.55. The van der Waals surface area contributed by atoms with E-state index in [1.807, 2.05) is 12.1 Å². The van der Waals surface area contributed by atoms with Crippen LogP contribution in [-0.2, 0) is 11.2 Å². The van der Waals surface area contributed by atoms with Gasteiger partial charge in [0.25, 0.3) is 0 Å². The summed E-state index contributed by atoms with van der Waals surface area (Å²) < 4.78 is 10.6. The summed E-state index contributed by atoms with van der Waals surface area (Å²) in [6, 6.07) is 8.80. The smallest absolute Gasteiger partial charge is 0.119 e. The highest BCUT2D eigenvalue weighted by Gasteiger charge is 2.12. The Labute approximate surface area is 122 Å². The third kappa shape index (κ3) is 5.12. The van der Waals surface area contributed by atoms with Crippen LogP contribution in [-0.4, -0.2) is 57.4 Å². The molecule has 4 nitrogen and oxygen atoms in total. The lowest BCUT2D eigenvalue weighted by Gasteiger charge is -2.29. The Balaban J connectivity index is 1.66. The molecule has 0 aromatic heterocycles. The van der Waals surface area contributed by atoms with E-state index in [2.05, 4.69) is 29.3 Å². The molecular formula is C16H26N2O2. The molecule has 0 saturated carbocycles. The predicted molar refractivity (Wildman–Crippen MR) is 81.4 cm³/mol. The Kier molecular flexibility index (Phi) is 6.30. The van der Waals surface area contributed by atoms with E-state index in [9.17, 15) is 0 Å². The van der Waals surface area contributed by atoms with Crippen LogP contribution in [0.5, 0.6) is 5.75 Å². The summed E-state index contributed by atoms with van der Waals surface area (Å²) in [5.41, 5.74) is 1.32. The second-order valence-corrected chi connectivity index (χ2v) is 5.37. The first-order valence-corrected chi connectivity index (χ1v) is 7.44. The van der Waals surface area contributed by atoms with Gasteiger partial charge in [-0.2, -0.15) is 0 Å². The van der Waals surface area contributed by atoms with Crippen LogP contribution in [0.3, 0.4) is 0 Å². The Hall–Kier alpha value is -1.10. The van der Waals surface area contributed by atoms with Crippen LogP contribution in [0.1, 0.15) is 12.5 Å². The van der Waals surface area contributed by atoms with Gasteiger partial charge in [0.05, 0.1) is 20.3 Å². The van der Waals surface area contributed by atoms with Gasteiger partial charge in [-0.1, -0.05) is 12.1 Å². The first-order chi connectivity index (χ1) is 9.78. The molecule has 2 rings (SSSR count). The van der Waals surface area contributed by atoms with E-state index >= 15 is 0 Å². The lowest BCUT2D eigenvalue weighted by Crippen LogP contribution is -2.44. The van der Waals surface area contributed by atoms with Gasteiger partial charge in [0.1, 0.15) is 5.75 Å². The van der Waals surface area contributed by atoms with E-state index in [4.69, 9.17) is 9.47 Å². The molecule has 1 unspecified atom stereocenters. The Morgan fingerprint density at radius 1 is 1.35 bits per heavy atom. The van der Waals surface area contributed by atoms with Gasteiger partial charge in [-0.05, 0) is 37.6 Å². The molecule has 1 aromatic carbocycles. The molecule has 4 heteroatoms. The van der Waals surface area contributed by atoms with E-state index in [-0.39, 0.29) is 0 Å². The van der Waals surface area contributed by atoms with Crippen molar-refractivity contribution in [1.82, 2.24) is 10.2 Å². The third-order valence-electron chi connectivity index (χ3n) is 3.68. The van der Waals surface area contributed by atoms with Crippen molar-refractivity contribution in [2.75, 3.05) is 46.5 Å². The van der Waals surface area contributed by atoms with Crippen molar-refractivity contribution < 1.29 is 9.47 Å². The fourth-order valence-corrected chi connectivity index (χ4v) is 2.53. The first-order valence-electron chi connectivity index (χ1n) is 7.44. The van der Waals surface area contributed by atoms with Crippen molar-refractivity contribution in [3.8, 4) is 5.75 Å². The third-order valence-corrected chi connectivity index (χ3v) is 3.68. The average molecular weight is 278 g/mol. The number of ether oxygens (including phenoxy) is 2. The van der Waals surface area contributed by atoms with Gasteiger partial charge in [0.2, 0.25) is 0 Å². The highest BCUT2D eigenvalue weighted by atomic mass is 16.5. The maximum absolute atomic E-state index is 5.37. The van der Waals surface area contributed by atoms with Crippen LogP contribution in [0, 0.1) is 0 Å². The summed E-state index contributed by atoms with van der Waals surface area (Å²) >= 11 is 0. The molecule has 0 bridgehead atoms. The minimum absolute atomic E-state index is 0.513. The maximum atomic E-state index is 5.37. The van der Waals surface area contributed by atoms with Crippen molar-refractivity contribution in [3.05, 3.63) is 29.8 Å². The molecule has 0 spiro atoms. The maximum Gasteiger partial charge on any atom is 0.119 e. The van der Waals surface area contributed by atoms with Crippen molar-refractivity contribution in [3.63, 3.8) is 0 Å². The monoisotopic (exact) mass is 278 g/mol. The minimum Gasteiger partial charge on any atom is -0.497 e. The second kappa shape index (κ2) is 8.25. The van der Waals surface area contributed by atoms with Crippen LogP contribution in [0.2, 0.25) is 0 Å². The molecule has 1 saturated heterocycles. The summed E-state index contributed by atoms with van der Waals surface area (Å²) in [5.74, 6) is 0.934. The quantitative estimate of drug-likeness (QED) is 0.820. The molecule has 112 valence electrons. The molecule has 0 radical (unpaired) electrons. The highest BCUT2D eigenvalue weighted by Crippen LogP contribution is 2.12. The van der Waals surface area contributed by atoms with Crippen molar-refractivity contribution in [2.45, 2.75) is 19.4 Å². The van der Waals surface area contributed by atoms with E-state index < -0.39 is 0 Å². The van der Waals surface area contributed by atoms with Crippen molar-refractivity contribution in [2.24, 2.45) is 0 Å². The molecule has 1 aromatic rings. The largest absolute Gasteiger partial charge is 0.497 e. The fourth-order valence-electron chi connectivity index (χ4n) is 2.53. The molecule has 0 aliphatic carbocycles. The second-order valence-electron chi connectivity index (χ2n) is 5.37. The lowest BCUT2D eigenvalue weighted by molar-refractivity contribution is 0.0344. The van der Waals surface area contributed by atoms with Crippen LogP contribution in [0.15, 0.2) is 24.3 Å². The summed E-state index contributed by atoms with van der Waals surface area (Å²) in [4.78, 5) is 2.46. The number of hydrogen-bond donors (Lipinski definition) is 1. The zero-order valence-corrected chi connectivity index (χ0v) is 12.6. The van der Waals surface area contributed by atoms with E-state index in [1.54, 1.807) is 7.11 Å². The van der Waals surface area contributed by atoms with E-state index in [0.717, 1.165) is 51.6 Å². The zero-order valence-electron chi connectivity index (χ0n) is 12.6. The molecular weight excluding hydrogens is 252 g/mol. The number of rotatable bonds is 7. The van der Waals surface area contributed by atoms with Gasteiger partial charge in [-0.15, -0.1) is 0 Å². The number of methoxy groups -OCH3 is 1. The van der Waals surface area contributed by atoms with Crippen LogP contribution >= 0.6 is 0 Å². The first kappa shape index (κ1) is 15.3. The topological polar surface area (TPSA) is 33.7 Å². The van der Waals surface area contributed by atoms with Gasteiger partial charge in [0, 0.05) is 25.7 Å². The number of nitrogens with zero attached hydrogens (tertiary/aromatic N) is 1. The molecule has 20 heavy (non-hydrogen) atoms. The van der Waals surface area contributed by atoms with Crippen LogP contribution in [0.25, 0.3) is 0 Å². The van der Waals surface area contributed by atoms with Gasteiger partial charge in [-0.25, -0.2) is 0 Å². The van der Waals surface area contributed by atoms with Crippen molar-refractivity contribution in [1.29, 1.82) is 0 Å². The zero-order chi connectivity index (χ0) is 14.2. The molecule has 1 aliphatic rings. The summed E-state index contributed by atoms with van der Waals surface area (Å²) in [5, 5.41) is 3.59. The molecule has 1 heterocycles. The fraction of sp³-hybridized carbons (Fsp3) is 0.625. The molecule has 1 fully saturated rings. The molecule has 1 N–H and O–H groups in total. The minimum atomic E-state index is 0.513. The van der Waals surface area contributed by atoms with Gasteiger partial charge < -0.3 is 14.8 Å². The normalized spacial score (nSPS) is 17.9. The Morgan fingerprint density at radius 2 is 2.15 bits per heavy atom. The molecule has 0 amide bonds. The summed E-state index contributed by atoms with van der Waals surface area (Å²) in [6.07, 6.45) is 1.03. The number of nitrogens with one attached hydrogen (secondary N) is 1. The summed E-state index contributed by atoms with van der Waals surface area (Å²) in [7, 11) is 1.71. The highest BCUT2D eigenvalue weighted by molar-refractivity contribution is 5.28. The number of benzene rings is 1. The average Bonchev–Trinajstić information content (AvgIpc) is 2.48. The standard InChI is InChI=1S/C16H26N2O2/c1-14(13-18-8-10-20-11-9-18)17-7-6-15-4-3-5-16(12-15)19-2/h3-5,12,14,17H,6-11,13H2,1-2H3. The molecule has 1 atom stereocenters. The van der Waals surface area contributed by atoms with E-state index in [1.165, 1.54) is 5.56 Å². The Morgan fingerprint density at radius 3 is 2.90 bits per heavy atom. The van der Waals surface area contributed by atoms with Gasteiger partial charge in [-0.3, -0.25) is 4.90 Å². The number of morpholine rings is 1. The van der Waals surface area contributed by atoms with Crippen molar-refractivity contribution >= 4 is 0 Å². The Bertz CT molecular complexity index is 392. The van der Waals surface area contributed by atoms with Crippen LogP contribution < -0.4 is 10.1 Å². The SMILES string of the molecule is COc1cccc(CCNC(C)CN2CCOCC2)c1. The van der Waals surface area contributed by atoms with Gasteiger partial charge >= 0.3 is 0 Å². The van der Waals surface area contributed by atoms with Gasteiger partial charge in [0.15, 0.2) is 0 Å². The lowest BCUT2D eigenvalue weighted by atomic mass is 10.1. The number of hydrogen-bond acceptors (Lipinski definition) is 4. The summed E-state index contributed by atoms with van der Waals surface area (Å²) in [6.45, 7) is 8.21. The van der Waals surface area contributed by atoms with E-state index in [0.29, 0.717) is 6.04 Å².